The first-order valence-corrected chi connectivity index (χ1v) is 7.01. The topological polar surface area (TPSA) is 55.1 Å². The van der Waals surface area contributed by atoms with Gasteiger partial charge in [0, 0.05) is 11.6 Å². The largest absolute Gasteiger partial charge is 0.326 e. The van der Waals surface area contributed by atoms with Crippen LogP contribution in [0.5, 0.6) is 0 Å². The lowest BCUT2D eigenvalue weighted by molar-refractivity contribution is -0.118. The number of nitrogens with two attached hydrogens (primary N) is 1. The van der Waals surface area contributed by atoms with Gasteiger partial charge in [-0.15, -0.1) is 0 Å². The number of rotatable bonds is 2. The molecule has 0 spiro atoms. The lowest BCUT2D eigenvalue weighted by Crippen LogP contribution is -2.17. The fourth-order valence-corrected chi connectivity index (χ4v) is 2.91. The number of carbonyl (C=O) groups is 1. The second-order valence-electron chi connectivity index (χ2n) is 6.57. The van der Waals surface area contributed by atoms with E-state index in [1.54, 1.807) is 6.07 Å². The Morgan fingerprint density at radius 1 is 1.33 bits per heavy atom. The minimum atomic E-state index is -0.416. The van der Waals surface area contributed by atoms with E-state index in [9.17, 15) is 9.18 Å². The van der Waals surface area contributed by atoms with Crippen LogP contribution < -0.4 is 11.1 Å². The molecule has 4 heteroatoms. The van der Waals surface area contributed by atoms with Gasteiger partial charge in [-0.2, -0.15) is 0 Å². The summed E-state index contributed by atoms with van der Waals surface area (Å²) in [6.45, 7) is 8.50. The monoisotopic (exact) mass is 288 g/mol. The van der Waals surface area contributed by atoms with Gasteiger partial charge in [0.15, 0.2) is 0 Å². The number of amides is 1. The first-order chi connectivity index (χ1) is 9.71. The van der Waals surface area contributed by atoms with E-state index in [4.69, 9.17) is 5.73 Å². The number of hydrogen-bond acceptors (Lipinski definition) is 2. The highest BCUT2D eigenvalue weighted by atomic mass is 19.1. The van der Waals surface area contributed by atoms with Crippen LogP contribution >= 0.6 is 0 Å². The van der Waals surface area contributed by atoms with E-state index in [1.807, 2.05) is 0 Å². The third-order valence-corrected chi connectivity index (χ3v) is 4.84. The van der Waals surface area contributed by atoms with Gasteiger partial charge in [0.2, 0.25) is 5.91 Å². The highest BCUT2D eigenvalue weighted by molar-refractivity contribution is 5.96. The molecule has 0 radical (unpaired) electrons. The Hall–Kier alpha value is -1.86. The van der Waals surface area contributed by atoms with Gasteiger partial charge in [-0.3, -0.25) is 4.79 Å². The molecule has 0 bridgehead atoms. The van der Waals surface area contributed by atoms with Gasteiger partial charge in [0.25, 0.3) is 0 Å². The summed E-state index contributed by atoms with van der Waals surface area (Å²) in [5.41, 5.74) is 6.03. The number of hydrogen-bond donors (Lipinski definition) is 2. The molecule has 0 unspecified atom stereocenters. The van der Waals surface area contributed by atoms with Gasteiger partial charge in [0.1, 0.15) is 5.82 Å². The van der Waals surface area contributed by atoms with E-state index in [0.29, 0.717) is 5.69 Å². The van der Waals surface area contributed by atoms with Crippen molar-refractivity contribution in [3.63, 3.8) is 0 Å². The first-order valence-electron chi connectivity index (χ1n) is 7.01. The number of anilines is 1. The van der Waals surface area contributed by atoms with Crippen molar-refractivity contribution in [2.75, 3.05) is 11.9 Å². The van der Waals surface area contributed by atoms with E-state index < -0.39 is 5.82 Å². The maximum atomic E-state index is 13.6. The molecule has 1 fully saturated rings. The van der Waals surface area contributed by atoms with Gasteiger partial charge in [-0.05, 0) is 29.0 Å². The summed E-state index contributed by atoms with van der Waals surface area (Å²) in [4.78, 5) is 12.4. The molecule has 0 heterocycles. The highest BCUT2D eigenvalue weighted by Gasteiger charge is 2.68. The Labute approximate surface area is 125 Å². The Morgan fingerprint density at radius 2 is 1.95 bits per heavy atom. The molecule has 1 amide bonds. The highest BCUT2D eigenvalue weighted by Crippen LogP contribution is 2.68. The molecule has 1 aromatic rings. The van der Waals surface area contributed by atoms with Crippen molar-refractivity contribution in [2.45, 2.75) is 27.7 Å². The van der Waals surface area contributed by atoms with E-state index in [-0.39, 0.29) is 34.8 Å². The average molecular weight is 288 g/mol. The molecule has 0 aliphatic heterocycles. The minimum absolute atomic E-state index is 0.0285. The molecule has 1 aliphatic rings. The quantitative estimate of drug-likeness (QED) is 0.822. The predicted molar refractivity (Wildman–Crippen MR) is 82.0 cm³/mol. The van der Waals surface area contributed by atoms with Crippen LogP contribution in [0.1, 0.15) is 33.3 Å². The maximum Gasteiger partial charge on any atom is 0.228 e. The standard InChI is InChI=1S/C17H21FN2O/c1-16(2)14(17(16,3)4)15(21)20-12-7-8-13(18)11(10-12)6-5-9-19/h7-8,10,14H,9,19H2,1-4H3,(H,20,21). The van der Waals surface area contributed by atoms with Crippen molar-refractivity contribution in [1.82, 2.24) is 0 Å². The number of nitrogens with one attached hydrogen (secondary N) is 1. The summed E-state index contributed by atoms with van der Waals surface area (Å²) in [6.07, 6.45) is 0. The molecule has 112 valence electrons. The third-order valence-electron chi connectivity index (χ3n) is 4.84. The second-order valence-corrected chi connectivity index (χ2v) is 6.57. The summed E-state index contributed by atoms with van der Waals surface area (Å²) in [7, 11) is 0. The van der Waals surface area contributed by atoms with Crippen molar-refractivity contribution in [1.29, 1.82) is 0 Å². The van der Waals surface area contributed by atoms with Crippen molar-refractivity contribution in [3.8, 4) is 11.8 Å². The molecule has 0 atom stereocenters. The zero-order valence-electron chi connectivity index (χ0n) is 12.9. The molecule has 1 aliphatic carbocycles. The van der Waals surface area contributed by atoms with E-state index in [2.05, 4.69) is 44.9 Å². The zero-order valence-corrected chi connectivity index (χ0v) is 12.9. The number of benzene rings is 1. The van der Waals surface area contributed by atoms with Gasteiger partial charge >= 0.3 is 0 Å². The van der Waals surface area contributed by atoms with Crippen LogP contribution in [-0.4, -0.2) is 12.5 Å². The lowest BCUT2D eigenvalue weighted by Gasteiger charge is -2.07. The van der Waals surface area contributed by atoms with Crippen LogP contribution in [0.3, 0.4) is 0 Å². The van der Waals surface area contributed by atoms with Gasteiger partial charge in [0.05, 0.1) is 12.1 Å². The summed E-state index contributed by atoms with van der Waals surface area (Å²) in [6, 6.07) is 4.39. The summed E-state index contributed by atoms with van der Waals surface area (Å²) < 4.78 is 13.6. The number of carbonyl (C=O) groups excluding carboxylic acids is 1. The van der Waals surface area contributed by atoms with E-state index in [1.165, 1.54) is 12.1 Å². The van der Waals surface area contributed by atoms with Crippen LogP contribution in [0.25, 0.3) is 0 Å². The summed E-state index contributed by atoms with van der Waals surface area (Å²) in [5.74, 6) is 4.78. The number of halogens is 1. The molecule has 2 rings (SSSR count). The van der Waals surface area contributed by atoms with Crippen LogP contribution in [0.4, 0.5) is 10.1 Å². The molecule has 21 heavy (non-hydrogen) atoms. The first kappa shape index (κ1) is 15.5. The van der Waals surface area contributed by atoms with Crippen LogP contribution in [0, 0.1) is 34.4 Å². The predicted octanol–water partition coefficient (Wildman–Crippen LogP) is 2.76. The van der Waals surface area contributed by atoms with Gasteiger partial charge in [-0.25, -0.2) is 4.39 Å². The van der Waals surface area contributed by atoms with Crippen LogP contribution in [-0.2, 0) is 4.79 Å². The van der Waals surface area contributed by atoms with Crippen molar-refractivity contribution in [2.24, 2.45) is 22.5 Å². The average Bonchev–Trinajstić information content (AvgIpc) is 2.80. The van der Waals surface area contributed by atoms with Crippen LogP contribution in [0.15, 0.2) is 18.2 Å². The lowest BCUT2D eigenvalue weighted by atomic mass is 10.0. The molecule has 0 aromatic heterocycles. The van der Waals surface area contributed by atoms with E-state index in [0.717, 1.165) is 0 Å². The van der Waals surface area contributed by atoms with Gasteiger partial charge in [-0.1, -0.05) is 39.5 Å². The van der Waals surface area contributed by atoms with Crippen molar-refractivity contribution < 1.29 is 9.18 Å². The zero-order chi connectivity index (χ0) is 15.8. The Morgan fingerprint density at radius 3 is 2.48 bits per heavy atom. The van der Waals surface area contributed by atoms with Gasteiger partial charge < -0.3 is 11.1 Å². The van der Waals surface area contributed by atoms with Crippen LogP contribution in [0.2, 0.25) is 0 Å². The SMILES string of the molecule is CC1(C)C(C(=O)Nc2ccc(F)c(C#CCN)c2)C1(C)C. The third kappa shape index (κ3) is 2.66. The molecule has 0 saturated heterocycles. The fraction of sp³-hybridized carbons (Fsp3) is 0.471. The second kappa shape index (κ2) is 5.16. The normalized spacial score (nSPS) is 18.6. The Balaban J connectivity index is 2.16. The summed E-state index contributed by atoms with van der Waals surface area (Å²) in [5, 5.41) is 2.85. The van der Waals surface area contributed by atoms with E-state index >= 15 is 0 Å². The Kier molecular flexibility index (Phi) is 3.81. The smallest absolute Gasteiger partial charge is 0.228 e. The maximum absolute atomic E-state index is 13.6. The molecule has 1 saturated carbocycles. The van der Waals surface area contributed by atoms with Crippen molar-refractivity contribution >= 4 is 11.6 Å². The summed E-state index contributed by atoms with van der Waals surface area (Å²) >= 11 is 0. The molecular formula is C17H21FN2O. The fourth-order valence-electron chi connectivity index (χ4n) is 2.91. The Bertz CT molecular complexity index is 624. The molecule has 3 N–H and O–H groups in total. The van der Waals surface area contributed by atoms with Crippen molar-refractivity contribution in [3.05, 3.63) is 29.6 Å². The molecular weight excluding hydrogens is 267 g/mol. The minimum Gasteiger partial charge on any atom is -0.326 e. The molecule has 3 nitrogen and oxygen atoms in total. The molecule has 1 aromatic carbocycles.